The number of nitrogens with two attached hydrogens (primary N) is 1. The lowest BCUT2D eigenvalue weighted by atomic mass is 10.2. The zero-order valence-corrected chi connectivity index (χ0v) is 13.7. The van der Waals surface area contributed by atoms with Crippen molar-refractivity contribution in [3.05, 3.63) is 0 Å². The third-order valence-corrected chi connectivity index (χ3v) is 4.64. The molecule has 0 bridgehead atoms. The highest BCUT2D eigenvalue weighted by molar-refractivity contribution is 7.87. The molecule has 0 amide bonds. The lowest BCUT2D eigenvalue weighted by Crippen LogP contribution is -2.45. The highest BCUT2D eigenvalue weighted by Gasteiger charge is 2.18. The van der Waals surface area contributed by atoms with Gasteiger partial charge in [-0.25, -0.2) is 4.72 Å². The van der Waals surface area contributed by atoms with Crippen molar-refractivity contribution < 1.29 is 8.42 Å². The molecule has 0 saturated heterocycles. The summed E-state index contributed by atoms with van der Waals surface area (Å²) in [5.74, 6) is 0. The van der Waals surface area contributed by atoms with Crippen molar-refractivity contribution in [2.45, 2.75) is 46.2 Å². The van der Waals surface area contributed by atoms with E-state index in [1.54, 1.807) is 7.05 Å². The first-order chi connectivity index (χ1) is 8.72. The van der Waals surface area contributed by atoms with Crippen molar-refractivity contribution in [3.8, 4) is 0 Å². The Bertz CT molecular complexity index is 323. The lowest BCUT2D eigenvalue weighted by Gasteiger charge is -2.30. The van der Waals surface area contributed by atoms with Crippen molar-refractivity contribution in [3.63, 3.8) is 0 Å². The first-order valence-corrected chi connectivity index (χ1v) is 8.33. The van der Waals surface area contributed by atoms with Gasteiger partial charge in [0.1, 0.15) is 0 Å². The Kier molecular flexibility index (Phi) is 8.76. The van der Waals surface area contributed by atoms with Crippen LogP contribution in [0, 0.1) is 0 Å². The molecule has 0 aromatic carbocycles. The fraction of sp³-hybridized carbons (Fsp3) is 1.00. The Balaban J connectivity index is 4.24. The molecule has 0 spiro atoms. The molecule has 0 aliphatic heterocycles. The summed E-state index contributed by atoms with van der Waals surface area (Å²) >= 11 is 0. The molecule has 0 aliphatic rings. The fourth-order valence-corrected chi connectivity index (χ4v) is 2.90. The summed E-state index contributed by atoms with van der Waals surface area (Å²) in [7, 11) is -1.81. The van der Waals surface area contributed by atoms with Crippen molar-refractivity contribution in [1.29, 1.82) is 0 Å². The van der Waals surface area contributed by atoms with E-state index in [1.807, 2.05) is 0 Å². The molecule has 0 saturated carbocycles. The van der Waals surface area contributed by atoms with Crippen molar-refractivity contribution >= 4 is 10.2 Å². The Morgan fingerprint density at radius 3 is 2.05 bits per heavy atom. The largest absolute Gasteiger partial charge is 0.330 e. The Labute approximate surface area is 118 Å². The Morgan fingerprint density at radius 2 is 1.63 bits per heavy atom. The first kappa shape index (κ1) is 18.8. The number of nitrogens with one attached hydrogen (secondary N) is 1. The van der Waals surface area contributed by atoms with Gasteiger partial charge < -0.3 is 5.73 Å². The molecule has 19 heavy (non-hydrogen) atoms. The summed E-state index contributed by atoms with van der Waals surface area (Å²) in [5, 5.41) is 0. The molecule has 0 fully saturated rings. The molecule has 0 aromatic rings. The van der Waals surface area contributed by atoms with Gasteiger partial charge in [-0.2, -0.15) is 12.7 Å². The summed E-state index contributed by atoms with van der Waals surface area (Å²) in [6, 6.07) is 0.805. The smallest absolute Gasteiger partial charge is 0.279 e. The first-order valence-electron chi connectivity index (χ1n) is 6.89. The van der Waals surface area contributed by atoms with E-state index >= 15 is 0 Å². The highest BCUT2D eigenvalue weighted by Crippen LogP contribution is 2.04. The van der Waals surface area contributed by atoms with Crippen LogP contribution < -0.4 is 10.5 Å². The zero-order valence-electron chi connectivity index (χ0n) is 12.9. The summed E-state index contributed by atoms with van der Waals surface area (Å²) in [5.41, 5.74) is 5.38. The average Bonchev–Trinajstić information content (AvgIpc) is 2.30. The van der Waals surface area contributed by atoms with E-state index in [-0.39, 0.29) is 0 Å². The van der Waals surface area contributed by atoms with Crippen LogP contribution in [0.25, 0.3) is 0 Å². The van der Waals surface area contributed by atoms with E-state index < -0.39 is 10.2 Å². The van der Waals surface area contributed by atoms with Crippen LogP contribution in [-0.4, -0.2) is 62.9 Å². The predicted molar refractivity (Wildman–Crippen MR) is 80.2 cm³/mol. The second-order valence-electron chi connectivity index (χ2n) is 5.29. The van der Waals surface area contributed by atoms with Crippen LogP contribution in [0.15, 0.2) is 0 Å². The van der Waals surface area contributed by atoms with Gasteiger partial charge in [0.15, 0.2) is 0 Å². The third-order valence-electron chi connectivity index (χ3n) is 3.07. The predicted octanol–water partition coefficient (Wildman–Crippen LogP) is 0.220. The maximum Gasteiger partial charge on any atom is 0.279 e. The normalized spacial score (nSPS) is 13.2. The molecule has 0 rings (SSSR count). The number of nitrogens with zero attached hydrogens (tertiary/aromatic N) is 2. The lowest BCUT2D eigenvalue weighted by molar-refractivity contribution is 0.178. The molecule has 3 N–H and O–H groups in total. The van der Waals surface area contributed by atoms with Gasteiger partial charge in [-0.3, -0.25) is 4.90 Å². The highest BCUT2D eigenvalue weighted by atomic mass is 32.2. The quantitative estimate of drug-likeness (QED) is 0.604. The number of rotatable bonds is 10. The van der Waals surface area contributed by atoms with Gasteiger partial charge in [-0.05, 0) is 40.7 Å². The summed E-state index contributed by atoms with van der Waals surface area (Å²) in [6.07, 6.45) is 0.668. The minimum atomic E-state index is -3.38. The summed E-state index contributed by atoms with van der Waals surface area (Å²) in [4.78, 5) is 2.25. The monoisotopic (exact) mass is 294 g/mol. The molecule has 0 aliphatic carbocycles. The summed E-state index contributed by atoms with van der Waals surface area (Å²) < 4.78 is 27.8. The molecule has 6 nitrogen and oxygen atoms in total. The van der Waals surface area contributed by atoms with E-state index in [4.69, 9.17) is 5.73 Å². The van der Waals surface area contributed by atoms with Crippen molar-refractivity contribution in [1.82, 2.24) is 13.9 Å². The van der Waals surface area contributed by atoms with Gasteiger partial charge in [0.05, 0.1) is 0 Å². The Morgan fingerprint density at radius 1 is 1.11 bits per heavy atom. The van der Waals surface area contributed by atoms with Gasteiger partial charge in [0, 0.05) is 38.8 Å². The standard InChI is InChI=1S/C12H30N4O2S/c1-11(2)16(12(3)4)10-8-14-19(17,18)15(5)9-6-7-13/h11-12,14H,6-10,13H2,1-5H3. The zero-order chi connectivity index (χ0) is 15.1. The number of hydrogen-bond acceptors (Lipinski definition) is 4. The SMILES string of the molecule is CC(C)N(CCNS(=O)(=O)N(C)CCCN)C(C)C. The maximum absolute atomic E-state index is 11.9. The summed E-state index contributed by atoms with van der Waals surface area (Å²) in [6.45, 7) is 10.5. The number of hydrogen-bond donors (Lipinski definition) is 2. The molecule has 116 valence electrons. The second kappa shape index (κ2) is 8.86. The molecule has 0 aromatic heterocycles. The van der Waals surface area contributed by atoms with Crippen LogP contribution in [-0.2, 0) is 10.2 Å². The van der Waals surface area contributed by atoms with Gasteiger partial charge in [0.25, 0.3) is 10.2 Å². The molecule has 0 heterocycles. The molecule has 7 heteroatoms. The van der Waals surface area contributed by atoms with Gasteiger partial charge in [0.2, 0.25) is 0 Å². The average molecular weight is 294 g/mol. The van der Waals surface area contributed by atoms with Gasteiger partial charge in [-0.15, -0.1) is 0 Å². The molecular weight excluding hydrogens is 264 g/mol. The molecule has 0 radical (unpaired) electrons. The van der Waals surface area contributed by atoms with Gasteiger partial charge >= 0.3 is 0 Å². The Hall–Kier alpha value is -0.210. The fourth-order valence-electron chi connectivity index (χ4n) is 1.96. The van der Waals surface area contributed by atoms with Crippen LogP contribution in [0.2, 0.25) is 0 Å². The van der Waals surface area contributed by atoms with E-state index in [2.05, 4.69) is 37.3 Å². The molecule has 0 atom stereocenters. The van der Waals surface area contributed by atoms with E-state index in [1.165, 1.54) is 4.31 Å². The van der Waals surface area contributed by atoms with Crippen molar-refractivity contribution in [2.75, 3.05) is 33.2 Å². The van der Waals surface area contributed by atoms with E-state index in [0.717, 1.165) is 0 Å². The van der Waals surface area contributed by atoms with Crippen LogP contribution in [0.1, 0.15) is 34.1 Å². The third kappa shape index (κ3) is 7.22. The molecular formula is C12H30N4O2S. The topological polar surface area (TPSA) is 78.7 Å². The van der Waals surface area contributed by atoms with Crippen LogP contribution in [0.4, 0.5) is 0 Å². The van der Waals surface area contributed by atoms with E-state index in [9.17, 15) is 8.42 Å². The minimum Gasteiger partial charge on any atom is -0.330 e. The van der Waals surface area contributed by atoms with Crippen LogP contribution in [0.5, 0.6) is 0 Å². The van der Waals surface area contributed by atoms with Crippen LogP contribution in [0.3, 0.4) is 0 Å². The van der Waals surface area contributed by atoms with Crippen LogP contribution >= 0.6 is 0 Å². The van der Waals surface area contributed by atoms with Gasteiger partial charge in [-0.1, -0.05) is 0 Å². The van der Waals surface area contributed by atoms with Crippen molar-refractivity contribution in [2.24, 2.45) is 5.73 Å². The minimum absolute atomic E-state index is 0.402. The maximum atomic E-state index is 11.9. The second-order valence-corrected chi connectivity index (χ2v) is 7.15. The molecule has 0 unspecified atom stereocenters. The van der Waals surface area contributed by atoms with E-state index in [0.29, 0.717) is 44.7 Å².